The number of anilines is 1. The van der Waals surface area contributed by atoms with Crippen LogP contribution in [-0.4, -0.2) is 33.3 Å². The largest absolute Gasteiger partial charge is 0.314 e. The van der Waals surface area contributed by atoms with Gasteiger partial charge in [-0.15, -0.1) is 0 Å². The summed E-state index contributed by atoms with van der Waals surface area (Å²) in [6.07, 6.45) is 0.428. The zero-order valence-electron chi connectivity index (χ0n) is 8.15. The molecule has 14 heavy (non-hydrogen) atoms. The highest BCUT2D eigenvalue weighted by Gasteiger charge is 2.04. The third kappa shape index (κ3) is 4.24. The summed E-state index contributed by atoms with van der Waals surface area (Å²) in [5, 5.41) is 13.2. The summed E-state index contributed by atoms with van der Waals surface area (Å²) in [5.74, 6) is -0.0725. The van der Waals surface area contributed by atoms with Gasteiger partial charge in [-0.25, -0.2) is 0 Å². The van der Waals surface area contributed by atoms with Gasteiger partial charge < -0.3 is 5.32 Å². The average Bonchev–Trinajstić information content (AvgIpc) is 2.56. The van der Waals surface area contributed by atoms with Crippen molar-refractivity contribution in [3.8, 4) is 0 Å². The van der Waals surface area contributed by atoms with Gasteiger partial charge in [-0.05, 0) is 5.21 Å². The van der Waals surface area contributed by atoms with E-state index < -0.39 is 0 Å². The molecule has 2 N–H and O–H groups in total. The fourth-order valence-electron chi connectivity index (χ4n) is 0.838. The second-order valence-corrected chi connectivity index (χ2v) is 3.81. The van der Waals surface area contributed by atoms with Crippen LogP contribution < -0.4 is 10.6 Å². The molecule has 1 rings (SSSR count). The van der Waals surface area contributed by atoms with E-state index >= 15 is 0 Å². The number of aromatic nitrogens is 3. The first-order chi connectivity index (χ1) is 6.68. The van der Waals surface area contributed by atoms with Gasteiger partial charge in [-0.2, -0.15) is 0 Å². The molecule has 0 aromatic carbocycles. The predicted molar refractivity (Wildman–Crippen MR) is 54.1 cm³/mol. The molecule has 0 spiro atoms. The van der Waals surface area contributed by atoms with Crippen molar-refractivity contribution in [3.63, 3.8) is 0 Å². The summed E-state index contributed by atoms with van der Waals surface area (Å²) in [7, 11) is 0. The number of hydrogen-bond acceptors (Lipinski definition) is 6. The van der Waals surface area contributed by atoms with Crippen LogP contribution in [0.1, 0.15) is 20.3 Å². The molecule has 0 fully saturated rings. The number of hydrogen-bond donors (Lipinski definition) is 2. The number of carbonyl (C=O) groups excluding carboxylic acids is 1. The first-order valence-corrected chi connectivity index (χ1v) is 5.14. The lowest BCUT2D eigenvalue weighted by Gasteiger charge is -2.06. The van der Waals surface area contributed by atoms with Gasteiger partial charge >= 0.3 is 0 Å². The second kappa shape index (κ2) is 5.61. The van der Waals surface area contributed by atoms with E-state index in [2.05, 4.69) is 25.4 Å². The lowest BCUT2D eigenvalue weighted by Crippen LogP contribution is -2.27. The molecule has 0 aliphatic heterocycles. The molecular formula is C7H13N5OS. The van der Waals surface area contributed by atoms with Crippen LogP contribution in [0.2, 0.25) is 0 Å². The van der Waals surface area contributed by atoms with Crippen molar-refractivity contribution in [1.29, 1.82) is 0 Å². The monoisotopic (exact) mass is 215 g/mol. The molecule has 0 radical (unpaired) electrons. The maximum absolute atomic E-state index is 11.3. The van der Waals surface area contributed by atoms with E-state index in [-0.39, 0.29) is 5.91 Å². The van der Waals surface area contributed by atoms with E-state index in [9.17, 15) is 4.79 Å². The summed E-state index contributed by atoms with van der Waals surface area (Å²) in [5.41, 5.74) is 0. The lowest BCUT2D eigenvalue weighted by atomic mass is 10.3. The standard InChI is InChI=1S/C7H13N5OS/c1-5(2)8-4-3-6(13)9-7-10-11-12-14-7/h5,8H,3-4H2,1-2H3,(H,9,10,12,13). The number of rotatable bonds is 5. The minimum Gasteiger partial charge on any atom is -0.314 e. The quantitative estimate of drug-likeness (QED) is 0.736. The molecular weight excluding hydrogens is 202 g/mol. The van der Waals surface area contributed by atoms with Gasteiger partial charge in [0.25, 0.3) is 0 Å². The van der Waals surface area contributed by atoms with E-state index in [0.717, 1.165) is 11.5 Å². The Balaban J connectivity index is 2.17. The molecule has 0 saturated heterocycles. The third-order valence-electron chi connectivity index (χ3n) is 1.45. The Hall–Kier alpha value is -1.08. The van der Waals surface area contributed by atoms with Gasteiger partial charge in [-0.1, -0.05) is 23.4 Å². The molecule has 0 bridgehead atoms. The van der Waals surface area contributed by atoms with Gasteiger partial charge in [0.15, 0.2) is 0 Å². The fourth-order valence-corrected chi connectivity index (χ4v) is 1.22. The topological polar surface area (TPSA) is 79.8 Å². The smallest absolute Gasteiger partial charge is 0.231 e. The second-order valence-electron chi connectivity index (χ2n) is 3.07. The molecule has 0 saturated carbocycles. The van der Waals surface area contributed by atoms with Crippen molar-refractivity contribution in [1.82, 2.24) is 20.1 Å². The molecule has 0 aliphatic rings. The van der Waals surface area contributed by atoms with Gasteiger partial charge in [0.05, 0.1) is 0 Å². The van der Waals surface area contributed by atoms with Crippen LogP contribution in [0.15, 0.2) is 0 Å². The molecule has 1 aromatic rings. The molecule has 1 amide bonds. The molecule has 7 heteroatoms. The summed E-state index contributed by atoms with van der Waals surface area (Å²) in [6, 6.07) is 0.394. The highest BCUT2D eigenvalue weighted by molar-refractivity contribution is 7.09. The van der Waals surface area contributed by atoms with Crippen molar-refractivity contribution >= 4 is 22.6 Å². The van der Waals surface area contributed by atoms with E-state index in [4.69, 9.17) is 0 Å². The summed E-state index contributed by atoms with van der Waals surface area (Å²) in [4.78, 5) is 11.3. The maximum Gasteiger partial charge on any atom is 0.231 e. The molecule has 6 nitrogen and oxygen atoms in total. The van der Waals surface area contributed by atoms with Crippen molar-refractivity contribution in [3.05, 3.63) is 0 Å². The van der Waals surface area contributed by atoms with Crippen molar-refractivity contribution in [2.45, 2.75) is 26.3 Å². The minimum atomic E-state index is -0.0725. The van der Waals surface area contributed by atoms with Crippen LogP contribution >= 0.6 is 11.5 Å². The zero-order chi connectivity index (χ0) is 10.4. The van der Waals surface area contributed by atoms with Gasteiger partial charge in [-0.3, -0.25) is 10.1 Å². The molecule has 0 aliphatic carbocycles. The van der Waals surface area contributed by atoms with Crippen LogP contribution in [-0.2, 0) is 4.79 Å². The summed E-state index contributed by atoms with van der Waals surface area (Å²) >= 11 is 1.07. The Kier molecular flexibility index (Phi) is 4.41. The summed E-state index contributed by atoms with van der Waals surface area (Å²) in [6.45, 7) is 4.73. The molecule has 0 atom stereocenters. The van der Waals surface area contributed by atoms with Gasteiger partial charge in [0, 0.05) is 30.5 Å². The predicted octanol–water partition coefficient (Wildman–Crippen LogP) is 0.260. The Morgan fingerprint density at radius 1 is 1.57 bits per heavy atom. The fraction of sp³-hybridized carbons (Fsp3) is 0.714. The number of amides is 1. The Morgan fingerprint density at radius 3 is 2.93 bits per heavy atom. The van der Waals surface area contributed by atoms with Crippen LogP contribution in [0.4, 0.5) is 5.13 Å². The first kappa shape index (κ1) is 11.0. The molecule has 1 aromatic heterocycles. The first-order valence-electron chi connectivity index (χ1n) is 4.36. The maximum atomic E-state index is 11.3. The van der Waals surface area contributed by atoms with Crippen LogP contribution in [0.5, 0.6) is 0 Å². The minimum absolute atomic E-state index is 0.0725. The SMILES string of the molecule is CC(C)NCCC(=O)Nc1nnns1. The highest BCUT2D eigenvalue weighted by Crippen LogP contribution is 2.04. The van der Waals surface area contributed by atoms with Gasteiger partial charge in [0.2, 0.25) is 11.0 Å². The molecule has 78 valence electrons. The van der Waals surface area contributed by atoms with Crippen molar-refractivity contribution in [2.75, 3.05) is 11.9 Å². The Labute approximate surface area is 86.3 Å². The normalized spacial score (nSPS) is 10.5. The van der Waals surface area contributed by atoms with E-state index in [1.54, 1.807) is 0 Å². The Bertz CT molecular complexity index is 274. The van der Waals surface area contributed by atoms with Crippen LogP contribution in [0.25, 0.3) is 0 Å². The zero-order valence-corrected chi connectivity index (χ0v) is 8.97. The Morgan fingerprint density at radius 2 is 2.36 bits per heavy atom. The van der Waals surface area contributed by atoms with Gasteiger partial charge in [0.1, 0.15) is 0 Å². The summed E-state index contributed by atoms with van der Waals surface area (Å²) < 4.78 is 3.53. The molecule has 1 heterocycles. The van der Waals surface area contributed by atoms with Crippen LogP contribution in [0.3, 0.4) is 0 Å². The average molecular weight is 215 g/mol. The number of nitrogens with zero attached hydrogens (tertiary/aromatic N) is 3. The van der Waals surface area contributed by atoms with E-state index in [1.165, 1.54) is 0 Å². The van der Waals surface area contributed by atoms with Crippen molar-refractivity contribution < 1.29 is 4.79 Å². The van der Waals surface area contributed by atoms with E-state index in [0.29, 0.717) is 24.1 Å². The third-order valence-corrected chi connectivity index (χ3v) is 1.96. The lowest BCUT2D eigenvalue weighted by molar-refractivity contribution is -0.116. The van der Waals surface area contributed by atoms with E-state index in [1.807, 2.05) is 13.8 Å². The number of nitrogens with one attached hydrogen (secondary N) is 2. The van der Waals surface area contributed by atoms with Crippen LogP contribution in [0, 0.1) is 0 Å². The number of carbonyl (C=O) groups is 1. The van der Waals surface area contributed by atoms with Crippen molar-refractivity contribution in [2.24, 2.45) is 0 Å². The highest BCUT2D eigenvalue weighted by atomic mass is 32.1. The molecule has 0 unspecified atom stereocenters.